The molecule has 0 radical (unpaired) electrons. The minimum absolute atomic E-state index is 0.208. The predicted octanol–water partition coefficient (Wildman–Crippen LogP) is 2.98. The van der Waals surface area contributed by atoms with Crippen LogP contribution in [0.2, 0.25) is 0 Å². The first kappa shape index (κ1) is 18.6. The summed E-state index contributed by atoms with van der Waals surface area (Å²) < 4.78 is 33.9. The van der Waals surface area contributed by atoms with Crippen LogP contribution in [0.15, 0.2) is 23.2 Å². The van der Waals surface area contributed by atoms with Gasteiger partial charge in [-0.25, -0.2) is 8.78 Å². The van der Waals surface area contributed by atoms with Crippen molar-refractivity contribution in [1.29, 1.82) is 0 Å². The summed E-state index contributed by atoms with van der Waals surface area (Å²) in [6.45, 7) is 4.29. The van der Waals surface area contributed by atoms with Crippen molar-refractivity contribution in [2.75, 3.05) is 33.4 Å². The average Bonchev–Trinajstić information content (AvgIpc) is 3.04. The van der Waals surface area contributed by atoms with Crippen LogP contribution >= 0.6 is 0 Å². The summed E-state index contributed by atoms with van der Waals surface area (Å²) in [4.78, 5) is 4.17. The monoisotopic (exact) mass is 339 g/mol. The Kier molecular flexibility index (Phi) is 6.97. The third-order valence-corrected chi connectivity index (χ3v) is 4.61. The molecule has 0 aliphatic heterocycles. The van der Waals surface area contributed by atoms with Gasteiger partial charge in [0.15, 0.2) is 5.96 Å². The minimum Gasteiger partial charge on any atom is -0.380 e. The normalized spacial score (nSPS) is 17.1. The quantitative estimate of drug-likeness (QED) is 0.456. The Balaban J connectivity index is 2.06. The number of hydrogen-bond acceptors (Lipinski definition) is 2. The van der Waals surface area contributed by atoms with Crippen molar-refractivity contribution in [3.05, 3.63) is 35.4 Å². The van der Waals surface area contributed by atoms with Crippen molar-refractivity contribution >= 4 is 5.96 Å². The molecule has 1 aliphatic rings. The maximum atomic E-state index is 14.3. The van der Waals surface area contributed by atoms with E-state index in [0.29, 0.717) is 32.3 Å². The van der Waals surface area contributed by atoms with E-state index in [2.05, 4.69) is 15.6 Å². The fourth-order valence-electron chi connectivity index (χ4n) is 3.43. The molecule has 0 saturated heterocycles. The number of benzene rings is 1. The third kappa shape index (κ3) is 4.44. The molecule has 2 N–H and O–H groups in total. The van der Waals surface area contributed by atoms with Crippen molar-refractivity contribution < 1.29 is 13.5 Å². The van der Waals surface area contributed by atoms with Crippen LogP contribution < -0.4 is 10.6 Å². The molecule has 0 unspecified atom stereocenters. The topological polar surface area (TPSA) is 45.6 Å². The first-order valence-electron chi connectivity index (χ1n) is 8.60. The van der Waals surface area contributed by atoms with Crippen LogP contribution in [0.1, 0.15) is 38.2 Å². The van der Waals surface area contributed by atoms with E-state index >= 15 is 0 Å². The molecular formula is C18H27F2N3O. The Hall–Kier alpha value is -1.69. The lowest BCUT2D eigenvalue weighted by atomic mass is 9.78. The van der Waals surface area contributed by atoms with Crippen molar-refractivity contribution in [2.24, 2.45) is 4.99 Å². The van der Waals surface area contributed by atoms with E-state index in [4.69, 9.17) is 4.74 Å². The van der Waals surface area contributed by atoms with Gasteiger partial charge in [0.1, 0.15) is 11.6 Å². The molecule has 1 aliphatic carbocycles. The SMILES string of the molecule is CCOCCNC(=NC)NCC1(c2c(F)cccc2F)CCCC1. The van der Waals surface area contributed by atoms with E-state index < -0.39 is 17.0 Å². The van der Waals surface area contributed by atoms with Gasteiger partial charge in [-0.1, -0.05) is 18.9 Å². The summed E-state index contributed by atoms with van der Waals surface area (Å²) in [6.07, 6.45) is 3.50. The molecule has 24 heavy (non-hydrogen) atoms. The maximum Gasteiger partial charge on any atom is 0.191 e. The van der Waals surface area contributed by atoms with Crippen LogP contribution in [0.5, 0.6) is 0 Å². The van der Waals surface area contributed by atoms with Gasteiger partial charge in [-0.15, -0.1) is 0 Å². The predicted molar refractivity (Wildman–Crippen MR) is 92.4 cm³/mol. The molecule has 4 nitrogen and oxygen atoms in total. The zero-order chi connectivity index (χ0) is 17.4. The largest absolute Gasteiger partial charge is 0.380 e. The smallest absolute Gasteiger partial charge is 0.191 e. The molecule has 6 heteroatoms. The van der Waals surface area contributed by atoms with E-state index in [-0.39, 0.29) is 5.56 Å². The Bertz CT molecular complexity index is 537. The van der Waals surface area contributed by atoms with E-state index in [1.165, 1.54) is 18.2 Å². The molecule has 0 bridgehead atoms. The van der Waals surface area contributed by atoms with Crippen molar-refractivity contribution in [3.63, 3.8) is 0 Å². The number of hydrogen-bond donors (Lipinski definition) is 2. The van der Waals surface area contributed by atoms with E-state index in [1.54, 1.807) is 7.05 Å². The summed E-state index contributed by atoms with van der Waals surface area (Å²) in [6, 6.07) is 4.10. The number of guanidine groups is 1. The van der Waals surface area contributed by atoms with Gasteiger partial charge in [-0.2, -0.15) is 0 Å². The van der Waals surface area contributed by atoms with Crippen LogP contribution in [-0.2, 0) is 10.2 Å². The Labute approximate surface area is 142 Å². The highest BCUT2D eigenvalue weighted by atomic mass is 19.1. The van der Waals surface area contributed by atoms with Gasteiger partial charge in [0.2, 0.25) is 0 Å². The molecule has 1 aromatic rings. The first-order chi connectivity index (χ1) is 11.6. The van der Waals surface area contributed by atoms with Gasteiger partial charge >= 0.3 is 0 Å². The van der Waals surface area contributed by atoms with Gasteiger partial charge in [-0.3, -0.25) is 4.99 Å². The number of aliphatic imine (C=N–C) groups is 1. The summed E-state index contributed by atoms with van der Waals surface area (Å²) in [5.74, 6) is -0.297. The molecule has 1 aromatic carbocycles. The van der Waals surface area contributed by atoms with Gasteiger partial charge in [0.25, 0.3) is 0 Å². The Morgan fingerprint density at radius 3 is 2.46 bits per heavy atom. The first-order valence-corrected chi connectivity index (χ1v) is 8.60. The highest BCUT2D eigenvalue weighted by Gasteiger charge is 2.39. The minimum atomic E-state index is -0.521. The fourth-order valence-corrected chi connectivity index (χ4v) is 3.43. The van der Waals surface area contributed by atoms with Crippen LogP contribution in [0.3, 0.4) is 0 Å². The van der Waals surface area contributed by atoms with E-state index in [0.717, 1.165) is 25.7 Å². The third-order valence-electron chi connectivity index (χ3n) is 4.61. The summed E-state index contributed by atoms with van der Waals surface area (Å²) in [5, 5.41) is 6.38. The molecule has 0 spiro atoms. The number of ether oxygens (including phenoxy) is 1. The van der Waals surface area contributed by atoms with E-state index in [9.17, 15) is 8.78 Å². The lowest BCUT2D eigenvalue weighted by Crippen LogP contribution is -2.46. The number of nitrogens with zero attached hydrogens (tertiary/aromatic N) is 1. The number of rotatable bonds is 7. The lowest BCUT2D eigenvalue weighted by Gasteiger charge is -2.31. The zero-order valence-electron chi connectivity index (χ0n) is 14.5. The molecule has 0 heterocycles. The fraction of sp³-hybridized carbons (Fsp3) is 0.611. The van der Waals surface area contributed by atoms with Gasteiger partial charge in [-0.05, 0) is 31.9 Å². The second kappa shape index (κ2) is 8.97. The van der Waals surface area contributed by atoms with Crippen LogP contribution in [0.25, 0.3) is 0 Å². The van der Waals surface area contributed by atoms with Gasteiger partial charge in [0.05, 0.1) is 6.61 Å². The molecule has 0 amide bonds. The standard InChI is InChI=1S/C18H27F2N3O/c1-3-24-12-11-22-17(21-2)23-13-18(9-4-5-10-18)16-14(19)7-6-8-15(16)20/h6-8H,3-5,9-13H2,1-2H3,(H2,21,22,23). The molecule has 134 valence electrons. The number of nitrogens with one attached hydrogen (secondary N) is 2. The number of halogens is 2. The van der Waals surface area contributed by atoms with E-state index in [1.807, 2.05) is 6.92 Å². The molecule has 0 aromatic heterocycles. The molecule has 1 saturated carbocycles. The summed E-state index contributed by atoms with van der Waals surface area (Å²) in [7, 11) is 1.68. The Morgan fingerprint density at radius 2 is 1.88 bits per heavy atom. The van der Waals surface area contributed by atoms with Crippen molar-refractivity contribution in [3.8, 4) is 0 Å². The van der Waals surface area contributed by atoms with Crippen LogP contribution in [0, 0.1) is 11.6 Å². The van der Waals surface area contributed by atoms with Crippen molar-refractivity contribution in [2.45, 2.75) is 38.0 Å². The maximum absolute atomic E-state index is 14.3. The Morgan fingerprint density at radius 1 is 1.21 bits per heavy atom. The molecule has 0 atom stereocenters. The highest BCUT2D eigenvalue weighted by Crippen LogP contribution is 2.42. The summed E-state index contributed by atoms with van der Waals surface area (Å²) >= 11 is 0. The molecular weight excluding hydrogens is 312 g/mol. The van der Waals surface area contributed by atoms with Gasteiger partial charge in [0, 0.05) is 37.7 Å². The van der Waals surface area contributed by atoms with Crippen LogP contribution in [-0.4, -0.2) is 39.3 Å². The van der Waals surface area contributed by atoms with Crippen LogP contribution in [0.4, 0.5) is 8.78 Å². The highest BCUT2D eigenvalue weighted by molar-refractivity contribution is 5.79. The average molecular weight is 339 g/mol. The van der Waals surface area contributed by atoms with Crippen molar-refractivity contribution in [1.82, 2.24) is 10.6 Å². The van der Waals surface area contributed by atoms with Gasteiger partial charge < -0.3 is 15.4 Å². The second-order valence-electron chi connectivity index (χ2n) is 6.13. The zero-order valence-corrected chi connectivity index (χ0v) is 14.5. The molecule has 2 rings (SSSR count). The lowest BCUT2D eigenvalue weighted by molar-refractivity contribution is 0.152. The summed E-state index contributed by atoms with van der Waals surface area (Å²) in [5.41, 5.74) is -0.313. The molecule has 1 fully saturated rings. The second-order valence-corrected chi connectivity index (χ2v) is 6.13.